The minimum atomic E-state index is -0.237. The van der Waals surface area contributed by atoms with Gasteiger partial charge in [0.1, 0.15) is 6.61 Å². The van der Waals surface area contributed by atoms with Gasteiger partial charge in [-0.3, -0.25) is 4.79 Å². The second-order valence-electron chi connectivity index (χ2n) is 6.71. The molecule has 6 nitrogen and oxygen atoms in total. The highest BCUT2D eigenvalue weighted by Crippen LogP contribution is 2.29. The maximum atomic E-state index is 12.0. The minimum Gasteiger partial charge on any atom is -0.490 e. The van der Waals surface area contributed by atoms with Crippen LogP contribution in [0.2, 0.25) is 0 Å². The summed E-state index contributed by atoms with van der Waals surface area (Å²) in [5.74, 6) is 1.04. The number of amides is 1. The lowest BCUT2D eigenvalue weighted by atomic mass is 10.2. The quantitative estimate of drug-likeness (QED) is 0.179. The van der Waals surface area contributed by atoms with Crippen molar-refractivity contribution in [3.05, 3.63) is 85.9 Å². The second kappa shape index (κ2) is 12.4. The number of ether oxygens (including phenoxy) is 2. The number of anilines is 1. The Morgan fingerprint density at radius 2 is 1.78 bits per heavy atom. The van der Waals surface area contributed by atoms with Crippen LogP contribution in [-0.4, -0.2) is 25.3 Å². The number of benzene rings is 3. The van der Waals surface area contributed by atoms with Gasteiger partial charge in [-0.25, -0.2) is 5.43 Å². The van der Waals surface area contributed by atoms with Crippen molar-refractivity contribution in [3.8, 4) is 11.5 Å². The summed E-state index contributed by atoms with van der Waals surface area (Å²) in [5, 5.41) is 7.09. The molecule has 32 heavy (non-hydrogen) atoms. The van der Waals surface area contributed by atoms with Crippen molar-refractivity contribution in [3.63, 3.8) is 0 Å². The van der Waals surface area contributed by atoms with Gasteiger partial charge in [0.2, 0.25) is 0 Å². The molecule has 0 radical (unpaired) electrons. The molecule has 0 saturated heterocycles. The highest BCUT2D eigenvalue weighted by Gasteiger charge is 2.07. The molecule has 0 heterocycles. The molecule has 0 aromatic heterocycles. The van der Waals surface area contributed by atoms with E-state index in [4.69, 9.17) is 9.47 Å². The first-order valence-corrected chi connectivity index (χ1v) is 11.9. The molecule has 3 aromatic rings. The third-order valence-electron chi connectivity index (χ3n) is 4.28. The van der Waals surface area contributed by atoms with Crippen molar-refractivity contribution < 1.29 is 14.3 Å². The molecule has 8 heteroatoms. The fraction of sp³-hybridized carbons (Fsp3) is 0.167. The van der Waals surface area contributed by atoms with Crippen LogP contribution in [0.4, 0.5) is 5.69 Å². The summed E-state index contributed by atoms with van der Waals surface area (Å²) >= 11 is 5.66. The minimum absolute atomic E-state index is 0.130. The Morgan fingerprint density at radius 3 is 2.50 bits per heavy atom. The van der Waals surface area contributed by atoms with E-state index in [2.05, 4.69) is 54.4 Å². The smallest absolute Gasteiger partial charge is 0.259 e. The molecule has 0 fully saturated rings. The lowest BCUT2D eigenvalue weighted by Gasteiger charge is -2.12. The monoisotopic (exact) mass is 607 g/mol. The van der Waals surface area contributed by atoms with E-state index in [1.807, 2.05) is 73.7 Å². The standard InChI is InChI=1S/C24H23BrIN3O3/c1-2-31-23-13-18(5-12-22(23)32-16-17-3-6-19(25)7-4-17)14-28-29-24(30)15-27-21-10-8-20(26)9-11-21/h3-14,27H,2,15-16H2,1H3,(H,29,30)/b28-14-. The second-order valence-corrected chi connectivity index (χ2v) is 8.87. The van der Waals surface area contributed by atoms with Crippen molar-refractivity contribution in [2.75, 3.05) is 18.5 Å². The number of carbonyl (C=O) groups excluding carboxylic acids is 1. The predicted octanol–water partition coefficient (Wildman–Crippen LogP) is 5.59. The fourth-order valence-electron chi connectivity index (χ4n) is 2.70. The molecule has 0 bridgehead atoms. The van der Waals surface area contributed by atoms with Gasteiger partial charge in [0.15, 0.2) is 11.5 Å². The van der Waals surface area contributed by atoms with Gasteiger partial charge in [-0.05, 0) is 95.2 Å². The molecular formula is C24H23BrIN3O3. The molecule has 0 saturated carbocycles. The Kier molecular flexibility index (Phi) is 9.36. The van der Waals surface area contributed by atoms with Crippen molar-refractivity contribution in [2.45, 2.75) is 13.5 Å². The van der Waals surface area contributed by atoms with E-state index in [0.717, 1.165) is 24.9 Å². The van der Waals surface area contributed by atoms with Crippen LogP contribution < -0.4 is 20.2 Å². The Bertz CT molecular complexity index is 1060. The lowest BCUT2D eigenvalue weighted by molar-refractivity contribution is -0.119. The number of hydrogen-bond acceptors (Lipinski definition) is 5. The molecule has 3 aromatic carbocycles. The van der Waals surface area contributed by atoms with Crippen LogP contribution in [0.15, 0.2) is 76.3 Å². The molecule has 2 N–H and O–H groups in total. The van der Waals surface area contributed by atoms with Crippen LogP contribution in [0.1, 0.15) is 18.1 Å². The Labute approximate surface area is 209 Å². The van der Waals surface area contributed by atoms with Crippen molar-refractivity contribution in [1.82, 2.24) is 5.43 Å². The van der Waals surface area contributed by atoms with Gasteiger partial charge in [-0.15, -0.1) is 0 Å². The Balaban J connectivity index is 1.54. The highest BCUT2D eigenvalue weighted by atomic mass is 127. The van der Waals surface area contributed by atoms with Crippen molar-refractivity contribution >= 4 is 56.3 Å². The van der Waals surface area contributed by atoms with Crippen LogP contribution >= 0.6 is 38.5 Å². The zero-order chi connectivity index (χ0) is 22.8. The molecule has 166 valence electrons. The maximum absolute atomic E-state index is 12.0. The first-order chi connectivity index (χ1) is 15.5. The van der Waals surface area contributed by atoms with E-state index >= 15 is 0 Å². The largest absolute Gasteiger partial charge is 0.490 e. The van der Waals surface area contributed by atoms with E-state index in [0.29, 0.717) is 24.7 Å². The number of rotatable bonds is 10. The number of hydrazone groups is 1. The molecule has 0 spiro atoms. The van der Waals surface area contributed by atoms with Crippen LogP contribution in [0, 0.1) is 3.57 Å². The molecule has 0 aliphatic carbocycles. The van der Waals surface area contributed by atoms with Gasteiger partial charge >= 0.3 is 0 Å². The normalized spacial score (nSPS) is 10.7. The van der Waals surface area contributed by atoms with Gasteiger partial charge in [-0.2, -0.15) is 5.10 Å². The first kappa shape index (κ1) is 24.1. The molecule has 1 amide bonds. The molecule has 0 aliphatic rings. The van der Waals surface area contributed by atoms with E-state index in [1.54, 1.807) is 6.21 Å². The summed E-state index contributed by atoms with van der Waals surface area (Å²) in [6.07, 6.45) is 1.57. The van der Waals surface area contributed by atoms with Gasteiger partial charge in [-0.1, -0.05) is 28.1 Å². The van der Waals surface area contributed by atoms with Gasteiger partial charge in [0.25, 0.3) is 5.91 Å². The van der Waals surface area contributed by atoms with Crippen molar-refractivity contribution in [2.24, 2.45) is 5.10 Å². The summed E-state index contributed by atoms with van der Waals surface area (Å²) in [7, 11) is 0. The highest BCUT2D eigenvalue weighted by molar-refractivity contribution is 14.1. The Morgan fingerprint density at radius 1 is 1.03 bits per heavy atom. The van der Waals surface area contributed by atoms with E-state index < -0.39 is 0 Å². The number of nitrogens with zero attached hydrogens (tertiary/aromatic N) is 1. The number of carbonyl (C=O) groups is 1. The van der Waals surface area contributed by atoms with Gasteiger partial charge in [0, 0.05) is 13.7 Å². The van der Waals surface area contributed by atoms with Crippen LogP contribution in [0.25, 0.3) is 0 Å². The topological polar surface area (TPSA) is 72.0 Å². The summed E-state index contributed by atoms with van der Waals surface area (Å²) < 4.78 is 13.8. The molecule has 0 aliphatic heterocycles. The van der Waals surface area contributed by atoms with Crippen molar-refractivity contribution in [1.29, 1.82) is 0 Å². The first-order valence-electron chi connectivity index (χ1n) is 9.99. The third-order valence-corrected chi connectivity index (χ3v) is 5.52. The fourth-order valence-corrected chi connectivity index (χ4v) is 3.33. The molecular weight excluding hydrogens is 585 g/mol. The SMILES string of the molecule is CCOc1cc(/C=N\NC(=O)CNc2ccc(I)cc2)ccc1OCc1ccc(Br)cc1. The van der Waals surface area contributed by atoms with Crippen LogP contribution in [0.3, 0.4) is 0 Å². The van der Waals surface area contributed by atoms with Gasteiger partial charge < -0.3 is 14.8 Å². The zero-order valence-electron chi connectivity index (χ0n) is 17.5. The predicted molar refractivity (Wildman–Crippen MR) is 139 cm³/mol. The third kappa shape index (κ3) is 7.83. The average molecular weight is 608 g/mol. The summed E-state index contributed by atoms with van der Waals surface area (Å²) in [4.78, 5) is 12.0. The summed E-state index contributed by atoms with van der Waals surface area (Å²) in [6.45, 7) is 2.99. The summed E-state index contributed by atoms with van der Waals surface area (Å²) in [5.41, 5.74) is 5.25. The van der Waals surface area contributed by atoms with E-state index in [9.17, 15) is 4.79 Å². The van der Waals surface area contributed by atoms with E-state index in [-0.39, 0.29) is 12.5 Å². The van der Waals surface area contributed by atoms with Crippen LogP contribution in [-0.2, 0) is 11.4 Å². The maximum Gasteiger partial charge on any atom is 0.259 e. The average Bonchev–Trinajstić information content (AvgIpc) is 2.79. The zero-order valence-corrected chi connectivity index (χ0v) is 21.2. The molecule has 0 atom stereocenters. The number of halogens is 2. The summed E-state index contributed by atoms with van der Waals surface area (Å²) in [6, 6.07) is 21.3. The van der Waals surface area contributed by atoms with Crippen LogP contribution in [0.5, 0.6) is 11.5 Å². The Hall–Kier alpha value is -2.59. The number of hydrogen-bond donors (Lipinski definition) is 2. The lowest BCUT2D eigenvalue weighted by Crippen LogP contribution is -2.25. The van der Waals surface area contributed by atoms with E-state index in [1.165, 1.54) is 0 Å². The molecule has 0 unspecified atom stereocenters. The number of nitrogens with one attached hydrogen (secondary N) is 2. The molecule has 3 rings (SSSR count). The van der Waals surface area contributed by atoms with Gasteiger partial charge in [0.05, 0.1) is 19.4 Å².